The van der Waals surface area contributed by atoms with Crippen molar-refractivity contribution < 1.29 is 24.5 Å². The van der Waals surface area contributed by atoms with Gasteiger partial charge in [-0.2, -0.15) is 0 Å². The molecule has 1 heterocycles. The van der Waals surface area contributed by atoms with Gasteiger partial charge in [-0.3, -0.25) is 4.79 Å². The van der Waals surface area contributed by atoms with Gasteiger partial charge in [-0.05, 0) is 19.8 Å². The molecule has 15 heavy (non-hydrogen) atoms. The molecule has 0 aromatic rings. The maximum Gasteiger partial charge on any atom is 0.332 e. The van der Waals surface area contributed by atoms with Crippen molar-refractivity contribution in [2.24, 2.45) is 0 Å². The predicted molar refractivity (Wildman–Crippen MR) is 50.2 cm³/mol. The maximum atomic E-state index is 11.4. The van der Waals surface area contributed by atoms with Crippen LogP contribution in [0.3, 0.4) is 0 Å². The topological polar surface area (TPSA) is 95.9 Å². The molecule has 3 atom stereocenters. The fourth-order valence-electron chi connectivity index (χ4n) is 1.37. The molecule has 3 unspecified atom stereocenters. The van der Waals surface area contributed by atoms with Crippen LogP contribution in [0.1, 0.15) is 19.8 Å². The van der Waals surface area contributed by atoms with Crippen LogP contribution in [-0.2, 0) is 14.3 Å². The summed E-state index contributed by atoms with van der Waals surface area (Å²) in [6, 6.07) is 0. The van der Waals surface area contributed by atoms with Crippen LogP contribution in [0.4, 0.5) is 0 Å². The number of aliphatic carboxylic acids is 1. The quantitative estimate of drug-likeness (QED) is 0.568. The first-order chi connectivity index (χ1) is 7.00. The summed E-state index contributed by atoms with van der Waals surface area (Å²) in [5.41, 5.74) is 0. The minimum absolute atomic E-state index is 0.149. The summed E-state index contributed by atoms with van der Waals surface area (Å²) in [7, 11) is 0. The van der Waals surface area contributed by atoms with Gasteiger partial charge in [0.2, 0.25) is 5.91 Å². The number of amides is 1. The average molecular weight is 217 g/mol. The Morgan fingerprint density at radius 1 is 1.47 bits per heavy atom. The first kappa shape index (κ1) is 11.9. The zero-order chi connectivity index (χ0) is 11.4. The van der Waals surface area contributed by atoms with Gasteiger partial charge in [0, 0.05) is 6.54 Å². The second-order valence-corrected chi connectivity index (χ2v) is 3.62. The van der Waals surface area contributed by atoms with Crippen molar-refractivity contribution in [3.63, 3.8) is 0 Å². The number of rotatable bonds is 4. The molecule has 1 aliphatic rings. The zero-order valence-corrected chi connectivity index (χ0v) is 8.47. The van der Waals surface area contributed by atoms with Gasteiger partial charge in [0.15, 0.2) is 6.10 Å². The van der Waals surface area contributed by atoms with Gasteiger partial charge < -0.3 is 20.3 Å². The van der Waals surface area contributed by atoms with E-state index in [1.165, 1.54) is 0 Å². The van der Waals surface area contributed by atoms with E-state index in [0.717, 1.165) is 0 Å². The highest BCUT2D eigenvalue weighted by Crippen LogP contribution is 2.19. The predicted octanol–water partition coefficient (Wildman–Crippen LogP) is -0.884. The minimum Gasteiger partial charge on any atom is -0.479 e. The van der Waals surface area contributed by atoms with E-state index in [4.69, 9.17) is 14.9 Å². The molecular formula is C9H15NO5. The number of carbonyl (C=O) groups is 2. The molecule has 1 fully saturated rings. The number of ether oxygens (including phenoxy) is 1. The third-order valence-electron chi connectivity index (χ3n) is 2.16. The molecule has 3 N–H and O–H groups in total. The Kier molecular flexibility index (Phi) is 4.05. The molecule has 1 amide bonds. The first-order valence-corrected chi connectivity index (χ1v) is 4.84. The van der Waals surface area contributed by atoms with Gasteiger partial charge in [-0.15, -0.1) is 0 Å². The molecule has 1 rings (SSSR count). The van der Waals surface area contributed by atoms with Gasteiger partial charge in [0.25, 0.3) is 0 Å². The van der Waals surface area contributed by atoms with E-state index in [1.807, 2.05) is 0 Å². The summed E-state index contributed by atoms with van der Waals surface area (Å²) in [6.45, 7) is 1.70. The standard InChI is InChI=1S/C9H15NO5/c1-5(11)4-10-8(12)6-2-3-7(15-6)9(13)14/h5-7,11H,2-4H2,1H3,(H,10,12)(H,13,14). The van der Waals surface area contributed by atoms with Crippen LogP contribution in [0.15, 0.2) is 0 Å². The monoisotopic (exact) mass is 217 g/mol. The Labute approximate surface area is 87.2 Å². The summed E-state index contributed by atoms with van der Waals surface area (Å²) < 4.78 is 5.02. The fourth-order valence-corrected chi connectivity index (χ4v) is 1.37. The molecule has 6 heteroatoms. The molecule has 0 aliphatic carbocycles. The third kappa shape index (κ3) is 3.49. The van der Waals surface area contributed by atoms with Crippen LogP contribution < -0.4 is 5.32 Å². The highest BCUT2D eigenvalue weighted by atomic mass is 16.5. The van der Waals surface area contributed by atoms with Crippen molar-refractivity contribution >= 4 is 11.9 Å². The highest BCUT2D eigenvalue weighted by molar-refractivity contribution is 5.82. The van der Waals surface area contributed by atoms with Gasteiger partial charge in [0.1, 0.15) is 6.10 Å². The fraction of sp³-hybridized carbons (Fsp3) is 0.778. The second kappa shape index (κ2) is 5.09. The number of hydrogen-bond donors (Lipinski definition) is 3. The number of hydrogen-bond acceptors (Lipinski definition) is 4. The summed E-state index contributed by atoms with van der Waals surface area (Å²) in [5, 5.41) is 20.0. The third-order valence-corrected chi connectivity index (χ3v) is 2.16. The van der Waals surface area contributed by atoms with Crippen LogP contribution in [-0.4, -0.2) is 46.9 Å². The average Bonchev–Trinajstić information content (AvgIpc) is 2.62. The van der Waals surface area contributed by atoms with E-state index in [0.29, 0.717) is 12.8 Å². The Morgan fingerprint density at radius 3 is 2.53 bits per heavy atom. The number of carboxylic acid groups (broad SMARTS) is 1. The van der Waals surface area contributed by atoms with Crippen molar-refractivity contribution in [1.82, 2.24) is 5.32 Å². The molecule has 0 bridgehead atoms. The number of carboxylic acids is 1. The van der Waals surface area contributed by atoms with Crippen molar-refractivity contribution in [3.8, 4) is 0 Å². The lowest BCUT2D eigenvalue weighted by Crippen LogP contribution is -2.38. The van der Waals surface area contributed by atoms with Crippen molar-refractivity contribution in [2.75, 3.05) is 6.54 Å². The maximum absolute atomic E-state index is 11.4. The van der Waals surface area contributed by atoms with Crippen LogP contribution in [0.25, 0.3) is 0 Å². The highest BCUT2D eigenvalue weighted by Gasteiger charge is 2.34. The van der Waals surface area contributed by atoms with Crippen LogP contribution in [0.2, 0.25) is 0 Å². The van der Waals surface area contributed by atoms with E-state index in [1.54, 1.807) is 6.92 Å². The van der Waals surface area contributed by atoms with E-state index in [9.17, 15) is 9.59 Å². The van der Waals surface area contributed by atoms with Gasteiger partial charge >= 0.3 is 5.97 Å². The van der Waals surface area contributed by atoms with Crippen molar-refractivity contribution in [1.29, 1.82) is 0 Å². The molecular weight excluding hydrogens is 202 g/mol. The lowest BCUT2D eigenvalue weighted by molar-refractivity contribution is -0.151. The second-order valence-electron chi connectivity index (χ2n) is 3.62. The molecule has 1 saturated heterocycles. The van der Waals surface area contributed by atoms with Crippen LogP contribution in [0.5, 0.6) is 0 Å². The van der Waals surface area contributed by atoms with Crippen molar-refractivity contribution in [3.05, 3.63) is 0 Å². The smallest absolute Gasteiger partial charge is 0.332 e. The number of aliphatic hydroxyl groups excluding tert-OH is 1. The van der Waals surface area contributed by atoms with E-state index in [-0.39, 0.29) is 12.5 Å². The molecule has 0 spiro atoms. The molecule has 0 aromatic heterocycles. The Morgan fingerprint density at radius 2 is 2.07 bits per heavy atom. The number of carbonyl (C=O) groups excluding carboxylic acids is 1. The van der Waals surface area contributed by atoms with E-state index < -0.39 is 24.3 Å². The zero-order valence-electron chi connectivity index (χ0n) is 8.47. The molecule has 0 radical (unpaired) electrons. The Bertz CT molecular complexity index is 253. The first-order valence-electron chi connectivity index (χ1n) is 4.84. The Balaban J connectivity index is 2.33. The summed E-state index contributed by atoms with van der Waals surface area (Å²) in [5.74, 6) is -1.40. The summed E-state index contributed by atoms with van der Waals surface area (Å²) >= 11 is 0. The van der Waals surface area contributed by atoms with Gasteiger partial charge in [0.05, 0.1) is 6.10 Å². The molecule has 86 valence electrons. The molecule has 0 saturated carbocycles. The van der Waals surface area contributed by atoms with Gasteiger partial charge in [-0.25, -0.2) is 4.79 Å². The van der Waals surface area contributed by atoms with Gasteiger partial charge in [-0.1, -0.05) is 0 Å². The summed E-state index contributed by atoms with van der Waals surface area (Å²) in [4.78, 5) is 21.9. The van der Waals surface area contributed by atoms with E-state index >= 15 is 0 Å². The van der Waals surface area contributed by atoms with E-state index in [2.05, 4.69) is 5.32 Å². The van der Waals surface area contributed by atoms with Crippen molar-refractivity contribution in [2.45, 2.75) is 38.1 Å². The Hall–Kier alpha value is -1.14. The normalized spacial score (nSPS) is 27.3. The van der Waals surface area contributed by atoms with Crippen LogP contribution >= 0.6 is 0 Å². The minimum atomic E-state index is -1.04. The largest absolute Gasteiger partial charge is 0.479 e. The summed E-state index contributed by atoms with van der Waals surface area (Å²) in [6.07, 6.45) is -1.45. The number of aliphatic hydroxyl groups is 1. The lowest BCUT2D eigenvalue weighted by Gasteiger charge is -2.12. The number of nitrogens with one attached hydrogen (secondary N) is 1. The molecule has 1 aliphatic heterocycles. The molecule has 0 aromatic carbocycles. The lowest BCUT2D eigenvalue weighted by atomic mass is 10.2. The SMILES string of the molecule is CC(O)CNC(=O)C1CCC(C(=O)O)O1. The van der Waals surface area contributed by atoms with Crippen LogP contribution in [0, 0.1) is 0 Å². The molecule has 6 nitrogen and oxygen atoms in total.